The number of sulfone groups is 1. The van der Waals surface area contributed by atoms with Crippen molar-refractivity contribution in [3.63, 3.8) is 0 Å². The van der Waals surface area contributed by atoms with Crippen molar-refractivity contribution in [1.82, 2.24) is 9.80 Å². The molecule has 0 aliphatic carbocycles. The van der Waals surface area contributed by atoms with Gasteiger partial charge < -0.3 is 9.80 Å². The van der Waals surface area contributed by atoms with Crippen LogP contribution in [0, 0.1) is 0 Å². The highest BCUT2D eigenvalue weighted by atomic mass is 32.2. The van der Waals surface area contributed by atoms with Gasteiger partial charge in [0.05, 0.1) is 5.75 Å². The molecule has 0 spiro atoms. The first-order valence-corrected chi connectivity index (χ1v) is 10.7. The Hall–Kier alpha value is -1.89. The minimum absolute atomic E-state index is 0.0110. The van der Waals surface area contributed by atoms with E-state index in [0.29, 0.717) is 37.2 Å². The zero-order chi connectivity index (χ0) is 18.6. The number of rotatable bonds is 6. The van der Waals surface area contributed by atoms with Gasteiger partial charge in [0, 0.05) is 31.5 Å². The molecule has 1 heterocycles. The molecule has 0 aromatic heterocycles. The molecule has 2 amide bonds. The molecule has 1 aliphatic heterocycles. The highest BCUT2D eigenvalue weighted by Crippen LogP contribution is 2.22. The Morgan fingerprint density at radius 1 is 1.24 bits per heavy atom. The second-order valence-electron chi connectivity index (χ2n) is 6.44. The molecule has 0 bridgehead atoms. The monoisotopic (exact) mass is 366 g/mol. The largest absolute Gasteiger partial charge is 0.341 e. The summed E-state index contributed by atoms with van der Waals surface area (Å²) in [5, 5.41) is 0. The van der Waals surface area contributed by atoms with Crippen LogP contribution in [0.25, 0.3) is 0 Å². The lowest BCUT2D eigenvalue weighted by atomic mass is 10.1. The normalized spacial score (nSPS) is 17.6. The first-order valence-electron chi connectivity index (χ1n) is 8.63. The van der Waals surface area contributed by atoms with Crippen molar-refractivity contribution in [2.24, 2.45) is 0 Å². The van der Waals surface area contributed by atoms with Gasteiger partial charge in [0.25, 0.3) is 5.91 Å². The molecule has 0 saturated carbocycles. The summed E-state index contributed by atoms with van der Waals surface area (Å²) in [6, 6.07) is 6.24. The molecular formula is C18H26N2O4S. The van der Waals surface area contributed by atoms with Gasteiger partial charge in [0.2, 0.25) is 5.91 Å². The molecule has 1 aliphatic rings. The van der Waals surface area contributed by atoms with Crippen LogP contribution in [0.1, 0.15) is 42.6 Å². The Morgan fingerprint density at radius 3 is 2.52 bits per heavy atom. The molecular weight excluding hydrogens is 340 g/mol. The van der Waals surface area contributed by atoms with Gasteiger partial charge in [-0.25, -0.2) is 8.42 Å². The average Bonchev–Trinajstić information content (AvgIpc) is 3.03. The van der Waals surface area contributed by atoms with Crippen LogP contribution in [0.2, 0.25) is 0 Å². The third-order valence-electron chi connectivity index (χ3n) is 4.48. The van der Waals surface area contributed by atoms with Crippen molar-refractivity contribution >= 4 is 21.7 Å². The molecule has 1 unspecified atom stereocenters. The van der Waals surface area contributed by atoms with Gasteiger partial charge in [-0.1, -0.05) is 12.1 Å². The maximum absolute atomic E-state index is 12.9. The van der Waals surface area contributed by atoms with Gasteiger partial charge in [-0.05, 0) is 44.4 Å². The number of carbonyl (C=O) groups excluding carboxylic acids is 2. The van der Waals surface area contributed by atoms with Crippen LogP contribution in [0.15, 0.2) is 24.3 Å². The molecule has 0 N–H and O–H groups in total. The third kappa shape index (κ3) is 4.81. The number of likely N-dealkylation sites (N-methyl/N-ethyl adjacent to an activating group) is 1. The van der Waals surface area contributed by atoms with E-state index in [1.807, 2.05) is 13.8 Å². The zero-order valence-corrected chi connectivity index (χ0v) is 15.9. The van der Waals surface area contributed by atoms with Crippen LogP contribution in [0.3, 0.4) is 0 Å². The molecule has 138 valence electrons. The van der Waals surface area contributed by atoms with E-state index in [0.717, 1.165) is 6.42 Å². The summed E-state index contributed by atoms with van der Waals surface area (Å²) in [4.78, 5) is 28.9. The molecule has 1 atom stereocenters. The van der Waals surface area contributed by atoms with Gasteiger partial charge in [-0.2, -0.15) is 0 Å². The number of carbonyl (C=O) groups is 2. The van der Waals surface area contributed by atoms with Gasteiger partial charge in [-0.3, -0.25) is 9.59 Å². The summed E-state index contributed by atoms with van der Waals surface area (Å²) in [7, 11) is -3.17. The van der Waals surface area contributed by atoms with Crippen molar-refractivity contribution in [1.29, 1.82) is 0 Å². The second-order valence-corrected chi connectivity index (χ2v) is 8.58. The minimum atomic E-state index is -3.17. The summed E-state index contributed by atoms with van der Waals surface area (Å²) >= 11 is 0. The standard InChI is InChI=1S/C18H26N2O4S/c1-4-19(5-2)18(22)16-10-7-11-20(16)17(21)15-9-6-8-14(12-15)13-25(3,23)24/h6,8-9,12,16H,4-5,7,10-11,13H2,1-3H3. The molecule has 7 heteroatoms. The number of amides is 2. The third-order valence-corrected chi connectivity index (χ3v) is 5.33. The molecule has 6 nitrogen and oxygen atoms in total. The Balaban J connectivity index is 2.21. The van der Waals surface area contributed by atoms with E-state index in [1.54, 1.807) is 34.1 Å². The van der Waals surface area contributed by atoms with Gasteiger partial charge in [0.15, 0.2) is 9.84 Å². The van der Waals surface area contributed by atoms with E-state index < -0.39 is 15.9 Å². The van der Waals surface area contributed by atoms with Crippen LogP contribution in [-0.4, -0.2) is 62.0 Å². The second kappa shape index (κ2) is 7.99. The number of likely N-dealkylation sites (tertiary alicyclic amines) is 1. The number of nitrogens with zero attached hydrogens (tertiary/aromatic N) is 2. The maximum atomic E-state index is 12.9. The Morgan fingerprint density at radius 2 is 1.92 bits per heavy atom. The lowest BCUT2D eigenvalue weighted by Crippen LogP contribution is -2.47. The van der Waals surface area contributed by atoms with Crippen molar-refractivity contribution in [3.05, 3.63) is 35.4 Å². The van der Waals surface area contributed by atoms with E-state index in [9.17, 15) is 18.0 Å². The van der Waals surface area contributed by atoms with E-state index in [-0.39, 0.29) is 17.6 Å². The van der Waals surface area contributed by atoms with Crippen LogP contribution in [0.4, 0.5) is 0 Å². The quantitative estimate of drug-likeness (QED) is 0.768. The summed E-state index contributed by atoms with van der Waals surface area (Å²) in [5.74, 6) is -0.322. The number of hydrogen-bond donors (Lipinski definition) is 0. The first kappa shape index (κ1) is 19.4. The van der Waals surface area contributed by atoms with Gasteiger partial charge >= 0.3 is 0 Å². The van der Waals surface area contributed by atoms with E-state index in [4.69, 9.17) is 0 Å². The summed E-state index contributed by atoms with van der Waals surface area (Å²) in [5.41, 5.74) is 1.01. The SMILES string of the molecule is CCN(CC)C(=O)C1CCCN1C(=O)c1cccc(CS(C)(=O)=O)c1. The smallest absolute Gasteiger partial charge is 0.254 e. The first-order chi connectivity index (χ1) is 11.8. The summed E-state index contributed by atoms with van der Waals surface area (Å²) in [6.07, 6.45) is 2.64. The van der Waals surface area contributed by atoms with Crippen LogP contribution in [0.5, 0.6) is 0 Å². The van der Waals surface area contributed by atoms with E-state index in [1.165, 1.54) is 6.26 Å². The fourth-order valence-electron chi connectivity index (χ4n) is 3.28. The highest BCUT2D eigenvalue weighted by Gasteiger charge is 2.36. The van der Waals surface area contributed by atoms with Crippen LogP contribution >= 0.6 is 0 Å². The maximum Gasteiger partial charge on any atom is 0.254 e. The average molecular weight is 366 g/mol. The van der Waals surface area contributed by atoms with Crippen LogP contribution < -0.4 is 0 Å². The lowest BCUT2D eigenvalue weighted by Gasteiger charge is -2.29. The van der Waals surface area contributed by atoms with Crippen molar-refractivity contribution in [2.75, 3.05) is 25.9 Å². The highest BCUT2D eigenvalue weighted by molar-refractivity contribution is 7.89. The van der Waals surface area contributed by atoms with E-state index in [2.05, 4.69) is 0 Å². The number of hydrogen-bond acceptors (Lipinski definition) is 4. The predicted molar refractivity (Wildman–Crippen MR) is 97.0 cm³/mol. The number of benzene rings is 1. The van der Waals surface area contributed by atoms with Gasteiger partial charge in [-0.15, -0.1) is 0 Å². The predicted octanol–water partition coefficient (Wildman–Crippen LogP) is 1.70. The van der Waals surface area contributed by atoms with Crippen molar-refractivity contribution in [3.8, 4) is 0 Å². The molecule has 1 fully saturated rings. The fourth-order valence-corrected chi connectivity index (χ4v) is 4.06. The molecule has 0 radical (unpaired) electrons. The zero-order valence-electron chi connectivity index (χ0n) is 15.1. The van der Waals surface area contributed by atoms with E-state index >= 15 is 0 Å². The molecule has 1 aromatic carbocycles. The Labute approximate surface area is 149 Å². The van der Waals surface area contributed by atoms with Crippen LogP contribution in [-0.2, 0) is 20.4 Å². The Kier molecular flexibility index (Phi) is 6.21. The summed E-state index contributed by atoms with van der Waals surface area (Å²) in [6.45, 7) is 5.65. The molecule has 25 heavy (non-hydrogen) atoms. The molecule has 1 aromatic rings. The summed E-state index contributed by atoms with van der Waals surface area (Å²) < 4.78 is 22.9. The lowest BCUT2D eigenvalue weighted by molar-refractivity contribution is -0.134. The van der Waals surface area contributed by atoms with Gasteiger partial charge in [0.1, 0.15) is 6.04 Å². The minimum Gasteiger partial charge on any atom is -0.341 e. The van der Waals surface area contributed by atoms with Crippen molar-refractivity contribution < 1.29 is 18.0 Å². The fraction of sp³-hybridized carbons (Fsp3) is 0.556. The van der Waals surface area contributed by atoms with Crippen molar-refractivity contribution in [2.45, 2.75) is 38.5 Å². The Bertz CT molecular complexity index is 741. The molecule has 2 rings (SSSR count). The topological polar surface area (TPSA) is 74.8 Å². The molecule has 1 saturated heterocycles.